The van der Waals surface area contributed by atoms with Gasteiger partial charge < -0.3 is 15.3 Å². The predicted molar refractivity (Wildman–Crippen MR) is 161 cm³/mol. The van der Waals surface area contributed by atoms with E-state index in [1.54, 1.807) is 18.3 Å². The molecule has 2 atom stereocenters. The molecule has 1 aliphatic heterocycles. The zero-order chi connectivity index (χ0) is 28.4. The summed E-state index contributed by atoms with van der Waals surface area (Å²) in [6.07, 6.45) is 4.00. The molecule has 2 aromatic carbocycles. The van der Waals surface area contributed by atoms with E-state index in [-0.39, 0.29) is 30.7 Å². The van der Waals surface area contributed by atoms with Crippen LogP contribution in [0.15, 0.2) is 48.0 Å². The quantitative estimate of drug-likeness (QED) is 0.203. The Morgan fingerprint density at radius 1 is 1.18 bits per heavy atom. The SMILES string of the molecule is CC[C@H]1C[C@@H](c2ncc(CCC(=O)O)s2)N(C(=O)Cc2cc(Cl)c(NC(=O)c3csc4ccccc34)cc2Cl)C1. The topological polar surface area (TPSA) is 99.6 Å². The van der Waals surface area contributed by atoms with Gasteiger partial charge in [0.1, 0.15) is 5.01 Å². The number of aryl methyl sites for hydroxylation is 1. The minimum Gasteiger partial charge on any atom is -0.481 e. The number of carbonyl (C=O) groups excluding carboxylic acids is 2. The van der Waals surface area contributed by atoms with Gasteiger partial charge in [-0.1, -0.05) is 54.7 Å². The molecule has 1 fully saturated rings. The van der Waals surface area contributed by atoms with E-state index < -0.39 is 5.97 Å². The van der Waals surface area contributed by atoms with Crippen molar-refractivity contribution < 1.29 is 19.5 Å². The van der Waals surface area contributed by atoms with E-state index in [1.807, 2.05) is 34.5 Å². The highest BCUT2D eigenvalue weighted by Crippen LogP contribution is 2.40. The summed E-state index contributed by atoms with van der Waals surface area (Å²) in [5.74, 6) is -0.858. The Bertz CT molecular complexity index is 1580. The molecule has 2 aromatic heterocycles. The highest BCUT2D eigenvalue weighted by atomic mass is 35.5. The summed E-state index contributed by atoms with van der Waals surface area (Å²) in [4.78, 5) is 44.8. The lowest BCUT2D eigenvalue weighted by atomic mass is 10.0. The van der Waals surface area contributed by atoms with Gasteiger partial charge in [-0.05, 0) is 42.5 Å². The first kappa shape index (κ1) is 28.5. The molecule has 4 aromatic rings. The second-order valence-corrected chi connectivity index (χ2v) is 12.7. The Balaban J connectivity index is 1.30. The molecule has 0 unspecified atom stereocenters. The van der Waals surface area contributed by atoms with Crippen LogP contribution in [-0.2, 0) is 22.4 Å². The normalized spacial score (nSPS) is 16.9. The first-order valence-electron chi connectivity index (χ1n) is 12.9. The van der Waals surface area contributed by atoms with Crippen LogP contribution in [0.5, 0.6) is 0 Å². The molecule has 0 bridgehead atoms. The number of thiazole rings is 1. The molecule has 3 heterocycles. The van der Waals surface area contributed by atoms with Crippen LogP contribution in [0.2, 0.25) is 10.0 Å². The number of carbonyl (C=O) groups is 3. The first-order valence-corrected chi connectivity index (χ1v) is 15.4. The van der Waals surface area contributed by atoms with Crippen LogP contribution in [0.25, 0.3) is 10.1 Å². The summed E-state index contributed by atoms with van der Waals surface area (Å²) >= 11 is 16.1. The Labute approximate surface area is 249 Å². The highest BCUT2D eigenvalue weighted by molar-refractivity contribution is 7.17. The zero-order valence-electron chi connectivity index (χ0n) is 21.7. The summed E-state index contributed by atoms with van der Waals surface area (Å²) in [7, 11) is 0. The Morgan fingerprint density at radius 3 is 2.75 bits per heavy atom. The number of carboxylic acid groups (broad SMARTS) is 1. The highest BCUT2D eigenvalue weighted by Gasteiger charge is 2.37. The zero-order valence-corrected chi connectivity index (χ0v) is 24.8. The number of nitrogens with one attached hydrogen (secondary N) is 1. The van der Waals surface area contributed by atoms with Crippen molar-refractivity contribution in [2.75, 3.05) is 11.9 Å². The van der Waals surface area contributed by atoms with Crippen LogP contribution in [-0.4, -0.2) is 39.3 Å². The molecule has 40 heavy (non-hydrogen) atoms. The van der Waals surface area contributed by atoms with E-state index in [4.69, 9.17) is 28.3 Å². The number of likely N-dealkylation sites (tertiary alicyclic amines) is 1. The molecule has 2 amide bonds. The van der Waals surface area contributed by atoms with Gasteiger partial charge in [0.05, 0.1) is 35.2 Å². The molecule has 208 valence electrons. The molecule has 2 N–H and O–H groups in total. The van der Waals surface area contributed by atoms with Gasteiger partial charge in [0, 0.05) is 38.1 Å². The molecule has 0 aliphatic carbocycles. The Hall–Kier alpha value is -2.98. The average Bonchev–Trinajstić information content (AvgIpc) is 3.68. The maximum absolute atomic E-state index is 13.5. The molecule has 5 rings (SSSR count). The maximum Gasteiger partial charge on any atom is 0.303 e. The lowest BCUT2D eigenvalue weighted by Crippen LogP contribution is -2.32. The summed E-state index contributed by atoms with van der Waals surface area (Å²) < 4.78 is 1.02. The number of rotatable bonds is 9. The lowest BCUT2D eigenvalue weighted by Gasteiger charge is -2.23. The monoisotopic (exact) mass is 615 g/mol. The lowest BCUT2D eigenvalue weighted by molar-refractivity contribution is -0.137. The van der Waals surface area contributed by atoms with E-state index in [9.17, 15) is 14.4 Å². The molecule has 1 aliphatic rings. The number of anilines is 1. The van der Waals surface area contributed by atoms with E-state index in [2.05, 4.69) is 17.2 Å². The fraction of sp³-hybridized carbons (Fsp3) is 0.310. The van der Waals surface area contributed by atoms with Crippen molar-refractivity contribution in [3.63, 3.8) is 0 Å². The summed E-state index contributed by atoms with van der Waals surface area (Å²) in [5.41, 5.74) is 1.52. The summed E-state index contributed by atoms with van der Waals surface area (Å²) in [5, 5.41) is 16.0. The van der Waals surface area contributed by atoms with Crippen molar-refractivity contribution in [1.29, 1.82) is 0 Å². The Kier molecular flexibility index (Phi) is 8.75. The smallest absolute Gasteiger partial charge is 0.303 e. The first-order chi connectivity index (χ1) is 19.2. The third-order valence-corrected chi connectivity index (χ3v) is 9.97. The third kappa shape index (κ3) is 6.17. The molecular formula is C29H27Cl2N3O4S2. The van der Waals surface area contributed by atoms with Crippen LogP contribution in [0.3, 0.4) is 0 Å². The molecule has 7 nitrogen and oxygen atoms in total. The Morgan fingerprint density at radius 2 is 1.98 bits per heavy atom. The van der Waals surface area contributed by atoms with E-state index in [1.165, 1.54) is 22.7 Å². The van der Waals surface area contributed by atoms with Gasteiger partial charge in [-0.15, -0.1) is 22.7 Å². The van der Waals surface area contributed by atoms with Crippen molar-refractivity contribution >= 4 is 79.4 Å². The standard InChI is InChI=1S/C29H27Cl2N3O4S2/c1-2-16-9-24(29-32-13-18(40-29)7-8-27(36)37)34(14-16)26(35)11-17-10-22(31)23(12-21(17)30)33-28(38)20-15-39-25-6-4-3-5-19(20)25/h3-6,10,12-13,15-16,24H,2,7-9,11,14H2,1H3,(H,33,38)(H,36,37)/t16-,24-/m0/s1. The summed E-state index contributed by atoms with van der Waals surface area (Å²) in [6.45, 7) is 2.73. The van der Waals surface area contributed by atoms with Gasteiger partial charge >= 0.3 is 5.97 Å². The number of fused-ring (bicyclic) bond motifs is 1. The third-order valence-electron chi connectivity index (χ3n) is 7.18. The number of hydrogen-bond donors (Lipinski definition) is 2. The number of halogens is 2. The molecule has 0 spiro atoms. The van der Waals surface area contributed by atoms with Crippen LogP contribution in [0.4, 0.5) is 5.69 Å². The second-order valence-electron chi connectivity index (χ2n) is 9.83. The number of aromatic nitrogens is 1. The van der Waals surface area contributed by atoms with Crippen LogP contribution in [0, 0.1) is 5.92 Å². The largest absolute Gasteiger partial charge is 0.481 e. The van der Waals surface area contributed by atoms with Gasteiger partial charge in [0.15, 0.2) is 0 Å². The predicted octanol–water partition coefficient (Wildman–Crippen LogP) is 7.48. The van der Waals surface area contributed by atoms with E-state index in [0.717, 1.165) is 32.8 Å². The van der Waals surface area contributed by atoms with Crippen molar-refractivity contribution in [1.82, 2.24) is 9.88 Å². The number of thiophene rings is 1. The van der Waals surface area contributed by atoms with Gasteiger partial charge in [0.2, 0.25) is 5.91 Å². The molecule has 11 heteroatoms. The number of aliphatic carboxylic acids is 1. The van der Waals surface area contributed by atoms with Crippen LogP contribution >= 0.6 is 45.9 Å². The number of hydrogen-bond acceptors (Lipinski definition) is 6. The number of benzene rings is 2. The van der Waals surface area contributed by atoms with Gasteiger partial charge in [0.25, 0.3) is 5.91 Å². The minimum atomic E-state index is -0.847. The van der Waals surface area contributed by atoms with Crippen molar-refractivity contribution in [2.45, 2.75) is 45.1 Å². The minimum absolute atomic E-state index is 0.0477. The fourth-order valence-electron chi connectivity index (χ4n) is 4.98. The van der Waals surface area contributed by atoms with Crippen molar-refractivity contribution in [3.05, 3.63) is 79.0 Å². The average molecular weight is 617 g/mol. The van der Waals surface area contributed by atoms with Gasteiger partial charge in [-0.25, -0.2) is 4.98 Å². The number of carboxylic acids is 1. The summed E-state index contributed by atoms with van der Waals surface area (Å²) in [6, 6.07) is 10.8. The van der Waals surface area contributed by atoms with Crippen LogP contribution < -0.4 is 5.32 Å². The van der Waals surface area contributed by atoms with Gasteiger partial charge in [-0.3, -0.25) is 14.4 Å². The van der Waals surface area contributed by atoms with Crippen molar-refractivity contribution in [3.8, 4) is 0 Å². The van der Waals surface area contributed by atoms with Crippen LogP contribution in [0.1, 0.15) is 58.0 Å². The number of nitrogens with zero attached hydrogens (tertiary/aromatic N) is 2. The second kappa shape index (κ2) is 12.3. The molecular weight excluding hydrogens is 589 g/mol. The van der Waals surface area contributed by atoms with Gasteiger partial charge in [-0.2, -0.15) is 0 Å². The van der Waals surface area contributed by atoms with E-state index >= 15 is 0 Å². The van der Waals surface area contributed by atoms with Crippen molar-refractivity contribution in [2.24, 2.45) is 5.92 Å². The molecule has 1 saturated heterocycles. The fourth-order valence-corrected chi connectivity index (χ4v) is 7.43. The van der Waals surface area contributed by atoms with E-state index in [0.29, 0.717) is 45.7 Å². The molecule has 0 radical (unpaired) electrons. The molecule has 0 saturated carbocycles. The maximum atomic E-state index is 13.5. The number of amides is 2.